The maximum absolute atomic E-state index is 8.07. The van der Waals surface area contributed by atoms with Gasteiger partial charge in [-0.3, -0.25) is 0 Å². The average Bonchev–Trinajstić information content (AvgIpc) is 2.09. The maximum atomic E-state index is 8.07. The fraction of sp³-hybridized carbons (Fsp3) is 1.00. The third-order valence-electron chi connectivity index (χ3n) is 1.02. The van der Waals surface area contributed by atoms with Crippen LogP contribution in [0.25, 0.3) is 0 Å². The summed E-state index contributed by atoms with van der Waals surface area (Å²) in [5, 5.41) is 30.4. The fourth-order valence-electron chi connectivity index (χ4n) is 0.316. The predicted octanol–water partition coefficient (Wildman–Crippen LogP) is 3.03. The third-order valence-corrected chi connectivity index (χ3v) is 1.02. The molecule has 2 radical (unpaired) electrons. The Balaban J connectivity index is -0.00000000995. The molecule has 6 heteroatoms. The molecular weight excluding hydrogens is 398 g/mol. The molecule has 4 nitrogen and oxygen atoms in total. The van der Waals surface area contributed by atoms with E-state index in [0.29, 0.717) is 13.2 Å². The maximum Gasteiger partial charge on any atom is 0.140 e. The van der Waals surface area contributed by atoms with Gasteiger partial charge in [-0.2, -0.15) is 0 Å². The molecule has 0 fully saturated rings. The first kappa shape index (κ1) is 58.3. The third kappa shape index (κ3) is 179. The molecule has 0 aromatic heterocycles. The minimum absolute atomic E-state index is 0. The van der Waals surface area contributed by atoms with Gasteiger partial charge in [0, 0.05) is 78.6 Å². The molecule has 122 valence electrons. The summed E-state index contributed by atoms with van der Waals surface area (Å²) in [6, 6.07) is 0. The second-order valence-corrected chi connectivity index (χ2v) is 2.30. The van der Waals surface area contributed by atoms with E-state index in [2.05, 4.69) is 13.8 Å². The largest absolute Gasteiger partial charge is 0.396 e. The van der Waals surface area contributed by atoms with Crippen LogP contribution < -0.4 is 0 Å². The van der Waals surface area contributed by atoms with Crippen LogP contribution in [0.2, 0.25) is 0 Å². The standard InChI is InChI=1S/2C4H10O.CH4O2.4CH4.2Y/c2*1-2-3-4-5;2-1-3;;;;;;/h2*5H,2-4H2,1H3;2-3H,1H2;4*1H4;;. The Labute approximate surface area is 173 Å². The van der Waals surface area contributed by atoms with Crippen molar-refractivity contribution >= 4 is 0 Å². The molecule has 0 spiro atoms. The molecule has 0 aliphatic heterocycles. The molecule has 0 saturated carbocycles. The van der Waals surface area contributed by atoms with Gasteiger partial charge in [0.05, 0.1) is 0 Å². The molecule has 0 atom stereocenters. The van der Waals surface area contributed by atoms with E-state index in [1.807, 2.05) is 0 Å². The quantitative estimate of drug-likeness (QED) is 0.509. The molecule has 0 unspecified atom stereocenters. The van der Waals surface area contributed by atoms with Crippen LogP contribution in [-0.4, -0.2) is 40.4 Å². The molecule has 19 heavy (non-hydrogen) atoms. The topological polar surface area (TPSA) is 80.9 Å². The van der Waals surface area contributed by atoms with E-state index in [0.717, 1.165) is 25.7 Å². The zero-order valence-electron chi connectivity index (χ0n) is 9.89. The van der Waals surface area contributed by atoms with Gasteiger partial charge >= 0.3 is 0 Å². The molecule has 0 bridgehead atoms. The number of rotatable bonds is 4. The second-order valence-electron chi connectivity index (χ2n) is 2.30. The summed E-state index contributed by atoms with van der Waals surface area (Å²) in [5.41, 5.74) is 0. The summed E-state index contributed by atoms with van der Waals surface area (Å²) in [5.74, 6) is 0. The van der Waals surface area contributed by atoms with Gasteiger partial charge in [-0.1, -0.05) is 56.4 Å². The molecule has 0 aromatic rings. The van der Waals surface area contributed by atoms with Crippen LogP contribution in [0.4, 0.5) is 0 Å². The van der Waals surface area contributed by atoms with Gasteiger partial charge in [0.2, 0.25) is 0 Å². The Morgan fingerprint density at radius 1 is 0.579 bits per heavy atom. The number of unbranched alkanes of at least 4 members (excludes halogenated alkanes) is 2. The summed E-state index contributed by atoms with van der Waals surface area (Å²) < 4.78 is 0. The Hall–Kier alpha value is 2.05. The summed E-state index contributed by atoms with van der Waals surface area (Å²) >= 11 is 0. The Morgan fingerprint density at radius 2 is 0.737 bits per heavy atom. The van der Waals surface area contributed by atoms with E-state index >= 15 is 0 Å². The van der Waals surface area contributed by atoms with Crippen molar-refractivity contribution in [3.8, 4) is 0 Å². The SMILES string of the molecule is C.C.C.C.CCCCO.CCCCO.OCO.[Y].[Y]. The van der Waals surface area contributed by atoms with E-state index in [1.54, 1.807) is 0 Å². The van der Waals surface area contributed by atoms with Crippen molar-refractivity contribution in [2.45, 2.75) is 69.2 Å². The normalized spacial score (nSPS) is 5.37. The van der Waals surface area contributed by atoms with E-state index in [1.165, 1.54) is 0 Å². The summed E-state index contributed by atoms with van der Waals surface area (Å²) in [6.45, 7) is 4.04. The first-order valence-electron chi connectivity index (χ1n) is 4.68. The number of aliphatic hydroxyl groups is 4. The van der Waals surface area contributed by atoms with Gasteiger partial charge in [-0.15, -0.1) is 0 Å². The zero-order chi connectivity index (χ0) is 10.9. The van der Waals surface area contributed by atoms with Gasteiger partial charge in [-0.05, 0) is 12.8 Å². The molecule has 0 saturated heterocycles. The second kappa shape index (κ2) is 88.9. The molecule has 0 aliphatic rings. The minimum atomic E-state index is -0.750. The van der Waals surface area contributed by atoms with Gasteiger partial charge in [0.15, 0.2) is 0 Å². The van der Waals surface area contributed by atoms with E-state index in [-0.39, 0.29) is 95.1 Å². The summed E-state index contributed by atoms with van der Waals surface area (Å²) in [4.78, 5) is 0. The van der Waals surface area contributed by atoms with Crippen molar-refractivity contribution in [2.24, 2.45) is 0 Å². The van der Waals surface area contributed by atoms with Gasteiger partial charge < -0.3 is 20.4 Å². The molecule has 0 heterocycles. The first-order valence-corrected chi connectivity index (χ1v) is 4.68. The van der Waals surface area contributed by atoms with Crippen molar-refractivity contribution in [1.82, 2.24) is 0 Å². The Morgan fingerprint density at radius 3 is 0.737 bits per heavy atom. The van der Waals surface area contributed by atoms with Gasteiger partial charge in [-0.25, -0.2) is 0 Å². The molecule has 4 N–H and O–H groups in total. The van der Waals surface area contributed by atoms with Crippen LogP contribution in [0.15, 0.2) is 0 Å². The van der Waals surface area contributed by atoms with Crippen LogP contribution >= 0.6 is 0 Å². The number of aliphatic hydroxyl groups excluding tert-OH is 3. The van der Waals surface area contributed by atoms with E-state index in [4.69, 9.17) is 20.4 Å². The minimum Gasteiger partial charge on any atom is -0.396 e. The Kier molecular flexibility index (Phi) is 273. The van der Waals surface area contributed by atoms with Crippen molar-refractivity contribution in [2.75, 3.05) is 20.0 Å². The van der Waals surface area contributed by atoms with Crippen molar-refractivity contribution in [3.05, 3.63) is 0 Å². The number of hydrogen-bond acceptors (Lipinski definition) is 4. The van der Waals surface area contributed by atoms with Crippen LogP contribution in [0.5, 0.6) is 0 Å². The van der Waals surface area contributed by atoms with E-state index in [9.17, 15) is 0 Å². The van der Waals surface area contributed by atoms with E-state index < -0.39 is 6.79 Å². The van der Waals surface area contributed by atoms with Crippen molar-refractivity contribution in [3.63, 3.8) is 0 Å². The zero-order valence-corrected chi connectivity index (χ0v) is 15.6. The van der Waals surface area contributed by atoms with Crippen LogP contribution in [0.1, 0.15) is 69.2 Å². The first-order chi connectivity index (χ1) is 6.24. The van der Waals surface area contributed by atoms with Crippen LogP contribution in [0.3, 0.4) is 0 Å². The monoisotopic (exact) mass is 438 g/mol. The molecule has 0 rings (SSSR count). The van der Waals surface area contributed by atoms with Crippen LogP contribution in [-0.2, 0) is 65.4 Å². The summed E-state index contributed by atoms with van der Waals surface area (Å²) in [6.07, 6.45) is 4.08. The van der Waals surface area contributed by atoms with Crippen molar-refractivity contribution < 1.29 is 85.8 Å². The molecular formula is C13H40O4Y2. The predicted molar refractivity (Wildman–Crippen MR) is 80.2 cm³/mol. The van der Waals surface area contributed by atoms with Gasteiger partial charge in [0.1, 0.15) is 6.79 Å². The fourth-order valence-corrected chi connectivity index (χ4v) is 0.316. The summed E-state index contributed by atoms with van der Waals surface area (Å²) in [7, 11) is 0. The van der Waals surface area contributed by atoms with Crippen molar-refractivity contribution in [1.29, 1.82) is 0 Å². The molecule has 0 amide bonds. The van der Waals surface area contributed by atoms with Crippen LogP contribution in [0, 0.1) is 0 Å². The number of hydrogen-bond donors (Lipinski definition) is 4. The smallest absolute Gasteiger partial charge is 0.140 e. The Bertz CT molecular complexity index is 51.9. The average molecular weight is 438 g/mol. The molecule has 0 aliphatic carbocycles. The van der Waals surface area contributed by atoms with Gasteiger partial charge in [0.25, 0.3) is 0 Å². The molecule has 0 aromatic carbocycles.